The maximum Gasteiger partial charge on any atom is 0.133 e. The number of pyridine rings is 1. The third kappa shape index (κ3) is 2.98. The van der Waals surface area contributed by atoms with Crippen molar-refractivity contribution in [1.29, 1.82) is 0 Å². The summed E-state index contributed by atoms with van der Waals surface area (Å²) in [6.45, 7) is 4.86. The van der Waals surface area contributed by atoms with Crippen LogP contribution in [0.2, 0.25) is 0 Å². The SMILES string of the molecule is CCCCOc1c(C)c(CCl)nc2ccc(OC)cc12. The van der Waals surface area contributed by atoms with E-state index in [-0.39, 0.29) is 0 Å². The summed E-state index contributed by atoms with van der Waals surface area (Å²) in [4.78, 5) is 4.59. The van der Waals surface area contributed by atoms with Crippen molar-refractivity contribution >= 4 is 22.5 Å². The molecule has 3 nitrogen and oxygen atoms in total. The van der Waals surface area contributed by atoms with Crippen molar-refractivity contribution in [3.63, 3.8) is 0 Å². The van der Waals surface area contributed by atoms with Crippen LogP contribution >= 0.6 is 11.6 Å². The molecule has 4 heteroatoms. The van der Waals surface area contributed by atoms with Crippen molar-refractivity contribution in [1.82, 2.24) is 4.98 Å². The number of fused-ring (bicyclic) bond motifs is 1. The van der Waals surface area contributed by atoms with Crippen LogP contribution in [-0.2, 0) is 5.88 Å². The van der Waals surface area contributed by atoms with E-state index in [1.54, 1.807) is 7.11 Å². The zero-order valence-corrected chi connectivity index (χ0v) is 13.0. The fourth-order valence-corrected chi connectivity index (χ4v) is 2.38. The molecule has 0 saturated heterocycles. The minimum absolute atomic E-state index is 0.387. The molecule has 0 atom stereocenters. The molecule has 0 aliphatic rings. The second-order valence-corrected chi connectivity index (χ2v) is 5.00. The number of methoxy groups -OCH3 is 1. The van der Waals surface area contributed by atoms with Crippen LogP contribution in [0, 0.1) is 6.92 Å². The number of alkyl halides is 1. The Morgan fingerprint density at radius 1 is 1.30 bits per heavy atom. The molecule has 2 rings (SSSR count). The Kier molecular flexibility index (Phi) is 5.07. The van der Waals surface area contributed by atoms with E-state index in [2.05, 4.69) is 11.9 Å². The molecule has 0 aliphatic heterocycles. The average Bonchev–Trinajstić information content (AvgIpc) is 2.48. The van der Waals surface area contributed by atoms with Gasteiger partial charge in [-0.25, -0.2) is 0 Å². The third-order valence-corrected chi connectivity index (χ3v) is 3.60. The quantitative estimate of drug-likeness (QED) is 0.582. The first-order valence-electron chi connectivity index (χ1n) is 6.87. The van der Waals surface area contributed by atoms with Gasteiger partial charge >= 0.3 is 0 Å². The first-order valence-corrected chi connectivity index (χ1v) is 7.40. The highest BCUT2D eigenvalue weighted by atomic mass is 35.5. The first kappa shape index (κ1) is 14.9. The van der Waals surface area contributed by atoms with Crippen molar-refractivity contribution < 1.29 is 9.47 Å². The van der Waals surface area contributed by atoms with Crippen LogP contribution in [0.4, 0.5) is 0 Å². The molecule has 2 aromatic rings. The molecule has 0 spiro atoms. The predicted molar refractivity (Wildman–Crippen MR) is 83.0 cm³/mol. The smallest absolute Gasteiger partial charge is 0.133 e. The lowest BCUT2D eigenvalue weighted by Crippen LogP contribution is -2.03. The Labute approximate surface area is 124 Å². The number of rotatable bonds is 6. The van der Waals surface area contributed by atoms with Gasteiger partial charge in [0, 0.05) is 10.9 Å². The van der Waals surface area contributed by atoms with E-state index < -0.39 is 0 Å². The Morgan fingerprint density at radius 2 is 2.10 bits per heavy atom. The van der Waals surface area contributed by atoms with Crippen LogP contribution in [0.1, 0.15) is 31.0 Å². The lowest BCUT2D eigenvalue weighted by molar-refractivity contribution is 0.310. The van der Waals surface area contributed by atoms with Gasteiger partial charge in [-0.3, -0.25) is 4.98 Å². The Bertz CT molecular complexity index is 599. The fraction of sp³-hybridized carbons (Fsp3) is 0.438. The van der Waals surface area contributed by atoms with Crippen LogP contribution in [-0.4, -0.2) is 18.7 Å². The van der Waals surface area contributed by atoms with Crippen LogP contribution in [0.5, 0.6) is 11.5 Å². The lowest BCUT2D eigenvalue weighted by Gasteiger charge is -2.15. The van der Waals surface area contributed by atoms with Crippen LogP contribution < -0.4 is 9.47 Å². The molecular formula is C16H20ClNO2. The Hall–Kier alpha value is -1.48. The minimum Gasteiger partial charge on any atom is -0.497 e. The fourth-order valence-electron chi connectivity index (χ4n) is 2.12. The number of aromatic nitrogens is 1. The predicted octanol–water partition coefficient (Wildman–Crippen LogP) is 4.47. The maximum atomic E-state index is 5.98. The topological polar surface area (TPSA) is 31.4 Å². The van der Waals surface area contributed by atoms with Gasteiger partial charge in [-0.15, -0.1) is 11.6 Å². The molecule has 20 heavy (non-hydrogen) atoms. The van der Waals surface area contributed by atoms with Gasteiger partial charge in [0.2, 0.25) is 0 Å². The maximum absolute atomic E-state index is 5.98. The van der Waals surface area contributed by atoms with E-state index in [0.29, 0.717) is 12.5 Å². The number of unbranched alkanes of at least 4 members (excludes halogenated alkanes) is 1. The number of benzene rings is 1. The van der Waals surface area contributed by atoms with Crippen LogP contribution in [0.3, 0.4) is 0 Å². The molecule has 0 saturated carbocycles. The molecule has 1 heterocycles. The number of nitrogens with zero attached hydrogens (tertiary/aromatic N) is 1. The second-order valence-electron chi connectivity index (χ2n) is 4.73. The molecule has 0 bridgehead atoms. The zero-order chi connectivity index (χ0) is 14.5. The molecule has 0 radical (unpaired) electrons. The molecule has 0 aliphatic carbocycles. The van der Waals surface area contributed by atoms with Crippen LogP contribution in [0.15, 0.2) is 18.2 Å². The van der Waals surface area contributed by atoms with E-state index in [1.807, 2.05) is 25.1 Å². The summed E-state index contributed by atoms with van der Waals surface area (Å²) in [7, 11) is 1.66. The summed E-state index contributed by atoms with van der Waals surface area (Å²) in [6, 6.07) is 5.81. The van der Waals surface area contributed by atoms with Gasteiger partial charge in [0.1, 0.15) is 11.5 Å². The summed E-state index contributed by atoms with van der Waals surface area (Å²) in [6.07, 6.45) is 2.14. The van der Waals surface area contributed by atoms with Gasteiger partial charge in [-0.05, 0) is 31.5 Å². The number of halogens is 1. The van der Waals surface area contributed by atoms with Crippen molar-refractivity contribution in [2.24, 2.45) is 0 Å². The average molecular weight is 294 g/mol. The standard InChI is InChI=1S/C16H20ClNO2/c1-4-5-8-20-16-11(2)15(10-17)18-14-7-6-12(19-3)9-13(14)16/h6-7,9H,4-5,8,10H2,1-3H3. The highest BCUT2D eigenvalue weighted by molar-refractivity contribution is 6.17. The van der Waals surface area contributed by atoms with E-state index in [4.69, 9.17) is 21.1 Å². The second kappa shape index (κ2) is 6.80. The monoisotopic (exact) mass is 293 g/mol. The van der Waals surface area contributed by atoms with E-state index in [0.717, 1.165) is 46.5 Å². The van der Waals surface area contributed by atoms with E-state index in [1.165, 1.54) is 0 Å². The summed E-state index contributed by atoms with van der Waals surface area (Å²) >= 11 is 5.98. The van der Waals surface area contributed by atoms with Gasteiger partial charge in [0.05, 0.1) is 30.8 Å². The highest BCUT2D eigenvalue weighted by Gasteiger charge is 2.13. The van der Waals surface area contributed by atoms with E-state index >= 15 is 0 Å². The Morgan fingerprint density at radius 3 is 2.75 bits per heavy atom. The largest absolute Gasteiger partial charge is 0.497 e. The van der Waals surface area contributed by atoms with Gasteiger partial charge in [-0.1, -0.05) is 13.3 Å². The summed E-state index contributed by atoms with van der Waals surface area (Å²) in [5, 5.41) is 0.979. The zero-order valence-electron chi connectivity index (χ0n) is 12.2. The van der Waals surface area contributed by atoms with Gasteiger partial charge < -0.3 is 9.47 Å². The molecule has 0 N–H and O–H groups in total. The molecule has 0 amide bonds. The molecule has 0 unspecified atom stereocenters. The van der Waals surface area contributed by atoms with Crippen LogP contribution in [0.25, 0.3) is 10.9 Å². The minimum atomic E-state index is 0.387. The summed E-state index contributed by atoms with van der Waals surface area (Å²) in [5.74, 6) is 2.06. The molecule has 108 valence electrons. The number of hydrogen-bond donors (Lipinski definition) is 0. The lowest BCUT2D eigenvalue weighted by atomic mass is 10.1. The normalized spacial score (nSPS) is 10.8. The van der Waals surface area contributed by atoms with Crippen molar-refractivity contribution in [2.45, 2.75) is 32.6 Å². The molecule has 1 aromatic carbocycles. The molecule has 1 aromatic heterocycles. The molecular weight excluding hydrogens is 274 g/mol. The summed E-state index contributed by atoms with van der Waals surface area (Å²) < 4.78 is 11.3. The van der Waals surface area contributed by atoms with Crippen molar-refractivity contribution in [2.75, 3.05) is 13.7 Å². The first-order chi connectivity index (χ1) is 9.71. The van der Waals surface area contributed by atoms with E-state index in [9.17, 15) is 0 Å². The van der Waals surface area contributed by atoms with Crippen molar-refractivity contribution in [3.8, 4) is 11.5 Å². The molecule has 0 fully saturated rings. The van der Waals surface area contributed by atoms with Gasteiger partial charge in [-0.2, -0.15) is 0 Å². The highest BCUT2D eigenvalue weighted by Crippen LogP contribution is 2.33. The van der Waals surface area contributed by atoms with Gasteiger partial charge in [0.25, 0.3) is 0 Å². The number of hydrogen-bond acceptors (Lipinski definition) is 3. The number of ether oxygens (including phenoxy) is 2. The van der Waals surface area contributed by atoms with Gasteiger partial charge in [0.15, 0.2) is 0 Å². The third-order valence-electron chi connectivity index (χ3n) is 3.35. The Balaban J connectivity index is 2.54. The van der Waals surface area contributed by atoms with Crippen molar-refractivity contribution in [3.05, 3.63) is 29.5 Å². The summed E-state index contributed by atoms with van der Waals surface area (Å²) in [5.41, 5.74) is 2.77.